The molecule has 3 N–H and O–H groups in total. The first kappa shape index (κ1) is 16.5. The number of hydrogen-bond acceptors (Lipinski definition) is 7. The molecule has 1 aromatic carbocycles. The zero-order valence-electron chi connectivity index (χ0n) is 12.5. The molecule has 1 heterocycles. The number of amides is 1. The molecule has 2 aromatic rings. The lowest BCUT2D eigenvalue weighted by Gasteiger charge is -2.12. The molecule has 23 heavy (non-hydrogen) atoms. The number of nitriles is 1. The van der Waals surface area contributed by atoms with Gasteiger partial charge in [0.2, 0.25) is 11.1 Å². The van der Waals surface area contributed by atoms with E-state index < -0.39 is 10.8 Å². The Bertz CT molecular complexity index is 825. The monoisotopic (exact) mass is 330 g/mol. The van der Waals surface area contributed by atoms with Crippen molar-refractivity contribution in [3.8, 4) is 6.07 Å². The van der Waals surface area contributed by atoms with Crippen molar-refractivity contribution in [3.63, 3.8) is 0 Å². The van der Waals surface area contributed by atoms with Crippen molar-refractivity contribution in [3.05, 3.63) is 45.9 Å². The maximum atomic E-state index is 12.2. The summed E-state index contributed by atoms with van der Waals surface area (Å²) >= 11 is 1.03. The van der Waals surface area contributed by atoms with Crippen LogP contribution in [0, 0.1) is 18.3 Å². The summed E-state index contributed by atoms with van der Waals surface area (Å²) < 4.78 is 0.874. The smallest absolute Gasteiger partial charge is 0.294 e. The van der Waals surface area contributed by atoms with Crippen LogP contribution in [0.15, 0.2) is 34.2 Å². The van der Waals surface area contributed by atoms with E-state index in [4.69, 9.17) is 11.1 Å². The van der Waals surface area contributed by atoms with Crippen LogP contribution in [0.5, 0.6) is 0 Å². The van der Waals surface area contributed by atoms with Gasteiger partial charge in [0.1, 0.15) is 5.69 Å². The Kier molecular flexibility index (Phi) is 4.98. The zero-order valence-corrected chi connectivity index (χ0v) is 13.3. The van der Waals surface area contributed by atoms with Crippen molar-refractivity contribution in [2.24, 2.45) is 0 Å². The van der Waals surface area contributed by atoms with E-state index >= 15 is 0 Å². The standard InChI is InChI=1S/C14H14N6O2S/c1-8-13(22)20(16)14(19-18-8)23-9(2)12(21)17-11-5-3-10(7-15)4-6-11/h3-6,9H,16H2,1-2H3,(H,17,21)/t9-/m1/s1. The number of aromatic nitrogens is 3. The highest BCUT2D eigenvalue weighted by molar-refractivity contribution is 8.00. The maximum absolute atomic E-state index is 12.2. The fourth-order valence-corrected chi connectivity index (χ4v) is 2.40. The highest BCUT2D eigenvalue weighted by atomic mass is 32.2. The van der Waals surface area contributed by atoms with Gasteiger partial charge < -0.3 is 11.2 Å². The molecule has 118 valence electrons. The van der Waals surface area contributed by atoms with E-state index in [1.165, 1.54) is 6.92 Å². The molecule has 0 fully saturated rings. The van der Waals surface area contributed by atoms with E-state index in [1.807, 2.05) is 6.07 Å². The second kappa shape index (κ2) is 6.93. The molecule has 1 amide bonds. The predicted octanol–water partition coefficient (Wildman–Crippen LogP) is 0.651. The number of benzene rings is 1. The van der Waals surface area contributed by atoms with E-state index in [1.54, 1.807) is 31.2 Å². The van der Waals surface area contributed by atoms with Crippen LogP contribution in [0.2, 0.25) is 0 Å². The zero-order chi connectivity index (χ0) is 17.0. The van der Waals surface area contributed by atoms with Crippen LogP contribution in [0.4, 0.5) is 5.69 Å². The first-order chi connectivity index (χ1) is 10.9. The Hall–Kier alpha value is -2.86. The van der Waals surface area contributed by atoms with Crippen LogP contribution in [-0.2, 0) is 4.79 Å². The fraction of sp³-hybridized carbons (Fsp3) is 0.214. The van der Waals surface area contributed by atoms with Crippen LogP contribution >= 0.6 is 11.8 Å². The fourth-order valence-electron chi connectivity index (χ4n) is 1.63. The molecule has 2 rings (SSSR count). The van der Waals surface area contributed by atoms with Gasteiger partial charge in [-0.05, 0) is 38.1 Å². The second-order valence-electron chi connectivity index (χ2n) is 4.68. The molecule has 0 spiro atoms. The van der Waals surface area contributed by atoms with Gasteiger partial charge in [-0.2, -0.15) is 9.94 Å². The predicted molar refractivity (Wildman–Crippen MR) is 86.3 cm³/mol. The second-order valence-corrected chi connectivity index (χ2v) is 5.99. The number of aryl methyl sites for hydroxylation is 1. The van der Waals surface area contributed by atoms with Gasteiger partial charge in [-0.15, -0.1) is 10.2 Å². The van der Waals surface area contributed by atoms with Gasteiger partial charge >= 0.3 is 0 Å². The number of nitrogen functional groups attached to an aromatic ring is 1. The highest BCUT2D eigenvalue weighted by Crippen LogP contribution is 2.20. The van der Waals surface area contributed by atoms with Gasteiger partial charge in [-0.3, -0.25) is 9.59 Å². The minimum Gasteiger partial charge on any atom is -0.334 e. The van der Waals surface area contributed by atoms with Crippen LogP contribution in [0.3, 0.4) is 0 Å². The Morgan fingerprint density at radius 1 is 1.39 bits per heavy atom. The van der Waals surface area contributed by atoms with E-state index in [9.17, 15) is 9.59 Å². The van der Waals surface area contributed by atoms with Gasteiger partial charge in [0.05, 0.1) is 16.9 Å². The molecule has 0 saturated carbocycles. The summed E-state index contributed by atoms with van der Waals surface area (Å²) in [5.41, 5.74) is 0.808. The summed E-state index contributed by atoms with van der Waals surface area (Å²) in [6.45, 7) is 3.17. The van der Waals surface area contributed by atoms with Crippen molar-refractivity contribution in [2.45, 2.75) is 24.3 Å². The van der Waals surface area contributed by atoms with Crippen LogP contribution in [0.25, 0.3) is 0 Å². The van der Waals surface area contributed by atoms with Crippen molar-refractivity contribution < 1.29 is 4.79 Å². The molecule has 8 nitrogen and oxygen atoms in total. The summed E-state index contributed by atoms with van der Waals surface area (Å²) in [6.07, 6.45) is 0. The van der Waals surface area contributed by atoms with Gasteiger partial charge in [-0.25, -0.2) is 0 Å². The van der Waals surface area contributed by atoms with E-state index in [2.05, 4.69) is 15.5 Å². The van der Waals surface area contributed by atoms with Gasteiger partial charge in [0, 0.05) is 5.69 Å². The summed E-state index contributed by atoms with van der Waals surface area (Å²) in [5, 5.41) is 18.6. The molecule has 0 saturated heterocycles. The molecule has 9 heteroatoms. The van der Waals surface area contributed by atoms with Gasteiger partial charge in [-0.1, -0.05) is 11.8 Å². The van der Waals surface area contributed by atoms with E-state index in [-0.39, 0.29) is 16.8 Å². The quantitative estimate of drug-likeness (QED) is 0.622. The number of anilines is 1. The highest BCUT2D eigenvalue weighted by Gasteiger charge is 2.18. The van der Waals surface area contributed by atoms with Crippen molar-refractivity contribution in [1.82, 2.24) is 14.9 Å². The lowest BCUT2D eigenvalue weighted by atomic mass is 10.2. The average molecular weight is 330 g/mol. The molecule has 0 radical (unpaired) electrons. The average Bonchev–Trinajstić information content (AvgIpc) is 2.56. The van der Waals surface area contributed by atoms with Crippen molar-refractivity contribution >= 4 is 23.4 Å². The van der Waals surface area contributed by atoms with Gasteiger partial charge in [0.15, 0.2) is 0 Å². The van der Waals surface area contributed by atoms with Crippen molar-refractivity contribution in [2.75, 3.05) is 11.2 Å². The minimum atomic E-state index is -0.545. The number of carbonyl (C=O) groups is 1. The topological polar surface area (TPSA) is 127 Å². The summed E-state index contributed by atoms with van der Waals surface area (Å²) in [7, 11) is 0. The van der Waals surface area contributed by atoms with E-state index in [0.717, 1.165) is 16.4 Å². The number of rotatable bonds is 4. The molecule has 0 bridgehead atoms. The van der Waals surface area contributed by atoms with Crippen LogP contribution < -0.4 is 16.7 Å². The van der Waals surface area contributed by atoms with Crippen molar-refractivity contribution in [1.29, 1.82) is 5.26 Å². The third-order valence-electron chi connectivity index (χ3n) is 2.95. The van der Waals surface area contributed by atoms with E-state index in [0.29, 0.717) is 11.3 Å². The first-order valence-electron chi connectivity index (χ1n) is 6.61. The number of carbonyl (C=O) groups excluding carboxylic acids is 1. The molecule has 1 aromatic heterocycles. The normalized spacial score (nSPS) is 11.5. The number of thioether (sulfide) groups is 1. The third kappa shape index (κ3) is 3.87. The largest absolute Gasteiger partial charge is 0.334 e. The molecule has 1 atom stereocenters. The summed E-state index contributed by atoms with van der Waals surface area (Å²) in [6, 6.07) is 8.49. The Labute approximate surface area is 136 Å². The molecule has 0 aliphatic carbocycles. The Balaban J connectivity index is 2.07. The SMILES string of the molecule is Cc1nnc(S[C@H](C)C(=O)Nc2ccc(C#N)cc2)n(N)c1=O. The first-order valence-corrected chi connectivity index (χ1v) is 7.49. The number of nitrogens with two attached hydrogens (primary N) is 1. The summed E-state index contributed by atoms with van der Waals surface area (Å²) in [4.78, 5) is 23.8. The molecule has 0 aliphatic heterocycles. The molecular formula is C14H14N6O2S. The van der Waals surface area contributed by atoms with Gasteiger partial charge in [0.25, 0.3) is 5.56 Å². The Morgan fingerprint density at radius 3 is 2.65 bits per heavy atom. The molecular weight excluding hydrogens is 316 g/mol. The van der Waals surface area contributed by atoms with Crippen LogP contribution in [0.1, 0.15) is 18.2 Å². The molecule has 0 unspecified atom stereocenters. The minimum absolute atomic E-state index is 0.156. The summed E-state index contributed by atoms with van der Waals surface area (Å²) in [5.74, 6) is 5.35. The number of nitrogens with one attached hydrogen (secondary N) is 1. The molecule has 0 aliphatic rings. The lowest BCUT2D eigenvalue weighted by Crippen LogP contribution is -2.33. The Morgan fingerprint density at radius 2 is 2.04 bits per heavy atom. The van der Waals surface area contributed by atoms with Crippen LogP contribution in [-0.4, -0.2) is 26.0 Å². The maximum Gasteiger partial charge on any atom is 0.294 e. The number of nitrogens with zero attached hydrogens (tertiary/aromatic N) is 4. The third-order valence-corrected chi connectivity index (χ3v) is 4.01. The number of hydrogen-bond donors (Lipinski definition) is 2. The lowest BCUT2D eigenvalue weighted by molar-refractivity contribution is -0.115.